The Morgan fingerprint density at radius 1 is 1.24 bits per heavy atom. The Bertz CT molecular complexity index is 386. The number of sulfonamides is 1. The predicted octanol–water partition coefficient (Wildman–Crippen LogP) is -0.348. The zero-order valence-electron chi connectivity index (χ0n) is 12.9. The number of carbonyl (C=O) groups is 1. The van der Waals surface area contributed by atoms with Gasteiger partial charge in [0.15, 0.2) is 0 Å². The third-order valence-electron chi connectivity index (χ3n) is 2.67. The number of nitrogens with two attached hydrogens (primary N) is 1. The minimum absolute atomic E-state index is 0.0150. The van der Waals surface area contributed by atoms with Gasteiger partial charge in [-0.1, -0.05) is 13.8 Å². The molecule has 0 heterocycles. The second-order valence-corrected chi connectivity index (χ2v) is 6.62. The molecule has 0 radical (unpaired) electrons. The molecule has 4 N–H and O–H groups in total. The summed E-state index contributed by atoms with van der Waals surface area (Å²) in [6, 6.07) is -0.364. The Labute approximate surface area is 126 Å². The van der Waals surface area contributed by atoms with Gasteiger partial charge in [-0.2, -0.15) is 0 Å². The molecule has 126 valence electrons. The molecule has 0 unspecified atom stereocenters. The number of urea groups is 1. The van der Waals surface area contributed by atoms with Crippen molar-refractivity contribution in [1.29, 1.82) is 0 Å². The summed E-state index contributed by atoms with van der Waals surface area (Å²) >= 11 is 0. The molecule has 1 atom stereocenters. The van der Waals surface area contributed by atoms with Gasteiger partial charge in [-0.15, -0.1) is 0 Å². The average molecular weight is 325 g/mol. The third-order valence-corrected chi connectivity index (χ3v) is 3.40. The molecule has 0 saturated carbocycles. The van der Waals surface area contributed by atoms with Crippen LogP contribution in [0.4, 0.5) is 4.79 Å². The summed E-state index contributed by atoms with van der Waals surface area (Å²) in [6.07, 6.45) is 0. The Morgan fingerprint density at radius 2 is 1.90 bits per heavy atom. The molecule has 0 saturated heterocycles. The molecule has 0 aliphatic rings. The first-order valence-corrected chi connectivity index (χ1v) is 8.68. The van der Waals surface area contributed by atoms with Crippen LogP contribution in [0, 0.1) is 5.92 Å². The number of amides is 2. The van der Waals surface area contributed by atoms with Crippen molar-refractivity contribution >= 4 is 16.1 Å². The normalized spacial score (nSPS) is 13.2. The number of hydrogen-bond acceptors (Lipinski definition) is 5. The van der Waals surface area contributed by atoms with Gasteiger partial charge in [-0.25, -0.2) is 18.4 Å². The summed E-state index contributed by atoms with van der Waals surface area (Å²) in [7, 11) is -3.50. The van der Waals surface area contributed by atoms with Crippen molar-refractivity contribution in [3.63, 3.8) is 0 Å². The fraction of sp³-hybridized carbons (Fsp3) is 0.917. The van der Waals surface area contributed by atoms with Crippen LogP contribution in [-0.4, -0.2) is 59.2 Å². The summed E-state index contributed by atoms with van der Waals surface area (Å²) in [5.41, 5.74) is 0. The molecule has 0 aliphatic carbocycles. The van der Waals surface area contributed by atoms with Crippen LogP contribution in [0.1, 0.15) is 20.8 Å². The second-order valence-electron chi connectivity index (χ2n) is 4.89. The van der Waals surface area contributed by atoms with Gasteiger partial charge in [-0.05, 0) is 12.8 Å². The highest BCUT2D eigenvalue weighted by atomic mass is 32.2. The first kappa shape index (κ1) is 20.1. The van der Waals surface area contributed by atoms with Gasteiger partial charge in [0.25, 0.3) is 0 Å². The van der Waals surface area contributed by atoms with Crippen LogP contribution in [0.3, 0.4) is 0 Å². The van der Waals surface area contributed by atoms with E-state index in [1.54, 1.807) is 0 Å². The van der Waals surface area contributed by atoms with E-state index < -0.39 is 10.0 Å². The van der Waals surface area contributed by atoms with Crippen LogP contribution in [-0.2, 0) is 19.5 Å². The molecule has 2 amide bonds. The summed E-state index contributed by atoms with van der Waals surface area (Å²) in [4.78, 5) is 11.7. The summed E-state index contributed by atoms with van der Waals surface area (Å²) in [5, 5.41) is 10.3. The molecule has 0 aliphatic heterocycles. The van der Waals surface area contributed by atoms with Crippen LogP contribution >= 0.6 is 0 Å². The van der Waals surface area contributed by atoms with Crippen molar-refractivity contribution < 1.29 is 22.7 Å². The highest BCUT2D eigenvalue weighted by Gasteiger charge is 2.15. The Kier molecular flexibility index (Phi) is 10.3. The molecule has 0 spiro atoms. The molecule has 8 nitrogen and oxygen atoms in total. The number of ether oxygens (including phenoxy) is 2. The number of hydrogen-bond donors (Lipinski definition) is 3. The van der Waals surface area contributed by atoms with E-state index in [0.29, 0.717) is 13.2 Å². The predicted molar refractivity (Wildman–Crippen MR) is 80.4 cm³/mol. The Hall–Kier alpha value is -0.900. The molecular weight excluding hydrogens is 298 g/mol. The van der Waals surface area contributed by atoms with Gasteiger partial charge in [0.05, 0.1) is 31.6 Å². The first-order chi connectivity index (χ1) is 9.76. The van der Waals surface area contributed by atoms with Gasteiger partial charge in [0.1, 0.15) is 0 Å². The molecule has 0 bridgehead atoms. The number of rotatable bonds is 11. The summed E-state index contributed by atoms with van der Waals surface area (Å²) in [5.74, 6) is 0.0245. The maximum absolute atomic E-state index is 11.7. The minimum Gasteiger partial charge on any atom is -0.380 e. The minimum atomic E-state index is -3.50. The van der Waals surface area contributed by atoms with Crippen LogP contribution in [0.25, 0.3) is 0 Å². The molecule has 9 heteroatoms. The van der Waals surface area contributed by atoms with E-state index in [2.05, 4.69) is 10.6 Å². The fourth-order valence-electron chi connectivity index (χ4n) is 1.38. The number of primary sulfonamides is 1. The van der Waals surface area contributed by atoms with Gasteiger partial charge >= 0.3 is 6.03 Å². The highest BCUT2D eigenvalue weighted by Crippen LogP contribution is 2.01. The van der Waals surface area contributed by atoms with Crippen molar-refractivity contribution in [1.82, 2.24) is 10.6 Å². The molecule has 21 heavy (non-hydrogen) atoms. The van der Waals surface area contributed by atoms with Crippen molar-refractivity contribution in [2.45, 2.75) is 26.8 Å². The standard InChI is InChI=1S/C12H27N3O5S/c1-4-19-9-11(10(2)3)15-12(16)14-5-6-20-7-8-21(13,17)18/h10-11H,4-9H2,1-3H3,(H2,13,17,18)(H2,14,15,16)/t11-/m1/s1. The van der Waals surface area contributed by atoms with Gasteiger partial charge < -0.3 is 20.1 Å². The zero-order chi connectivity index (χ0) is 16.3. The van der Waals surface area contributed by atoms with Crippen LogP contribution in [0.5, 0.6) is 0 Å². The lowest BCUT2D eigenvalue weighted by Crippen LogP contribution is -2.47. The number of carbonyl (C=O) groups excluding carboxylic acids is 1. The fourth-order valence-corrected chi connectivity index (χ4v) is 1.73. The Morgan fingerprint density at radius 3 is 2.43 bits per heavy atom. The van der Waals surface area contributed by atoms with Crippen LogP contribution in [0.2, 0.25) is 0 Å². The van der Waals surface area contributed by atoms with Crippen molar-refractivity contribution in [2.75, 3.05) is 38.7 Å². The Balaban J connectivity index is 3.77. The second kappa shape index (κ2) is 10.8. The van der Waals surface area contributed by atoms with E-state index in [-0.39, 0.29) is 43.5 Å². The maximum Gasteiger partial charge on any atom is 0.315 e. The van der Waals surface area contributed by atoms with Crippen molar-refractivity contribution in [3.05, 3.63) is 0 Å². The van der Waals surface area contributed by atoms with Gasteiger partial charge in [-0.3, -0.25) is 0 Å². The van der Waals surface area contributed by atoms with E-state index in [4.69, 9.17) is 14.6 Å². The molecule has 0 rings (SSSR count). The maximum atomic E-state index is 11.7. The zero-order valence-corrected chi connectivity index (χ0v) is 13.7. The smallest absolute Gasteiger partial charge is 0.315 e. The molecular formula is C12H27N3O5S. The molecule has 0 aromatic heterocycles. The largest absolute Gasteiger partial charge is 0.380 e. The van der Waals surface area contributed by atoms with E-state index in [1.807, 2.05) is 20.8 Å². The monoisotopic (exact) mass is 325 g/mol. The quantitative estimate of drug-likeness (QED) is 0.449. The molecule has 0 aromatic rings. The lowest BCUT2D eigenvalue weighted by molar-refractivity contribution is 0.110. The summed E-state index contributed by atoms with van der Waals surface area (Å²) < 4.78 is 31.7. The lowest BCUT2D eigenvalue weighted by Gasteiger charge is -2.22. The lowest BCUT2D eigenvalue weighted by atomic mass is 10.1. The van der Waals surface area contributed by atoms with Crippen molar-refractivity contribution in [2.24, 2.45) is 11.1 Å². The first-order valence-electron chi connectivity index (χ1n) is 6.96. The topological polar surface area (TPSA) is 120 Å². The van der Waals surface area contributed by atoms with E-state index in [9.17, 15) is 13.2 Å². The van der Waals surface area contributed by atoms with Crippen LogP contribution in [0.15, 0.2) is 0 Å². The van der Waals surface area contributed by atoms with Gasteiger partial charge in [0.2, 0.25) is 10.0 Å². The van der Waals surface area contributed by atoms with E-state index in [0.717, 1.165) is 0 Å². The van der Waals surface area contributed by atoms with E-state index in [1.165, 1.54) is 0 Å². The summed E-state index contributed by atoms with van der Waals surface area (Å²) in [6.45, 7) is 7.49. The van der Waals surface area contributed by atoms with Gasteiger partial charge in [0, 0.05) is 13.2 Å². The van der Waals surface area contributed by atoms with Crippen LogP contribution < -0.4 is 15.8 Å². The van der Waals surface area contributed by atoms with Crippen molar-refractivity contribution in [3.8, 4) is 0 Å². The highest BCUT2D eigenvalue weighted by molar-refractivity contribution is 7.89. The molecule has 0 fully saturated rings. The average Bonchev–Trinajstić information content (AvgIpc) is 2.37. The van der Waals surface area contributed by atoms with E-state index >= 15 is 0 Å². The number of nitrogens with one attached hydrogen (secondary N) is 2. The molecule has 0 aromatic carbocycles. The third kappa shape index (κ3) is 12.5. The SMILES string of the molecule is CCOC[C@@H](NC(=O)NCCOCCS(N)(=O)=O)C(C)C.